The van der Waals surface area contributed by atoms with E-state index >= 15 is 0 Å². The maximum atomic E-state index is 4.96. The van der Waals surface area contributed by atoms with E-state index in [4.69, 9.17) is 4.74 Å². The van der Waals surface area contributed by atoms with E-state index in [1.807, 2.05) is 6.92 Å². The first-order valence-corrected chi connectivity index (χ1v) is 6.39. The van der Waals surface area contributed by atoms with Gasteiger partial charge in [0.2, 0.25) is 0 Å². The number of aryl methyl sites for hydroxylation is 1. The molecule has 0 aliphatic heterocycles. The van der Waals surface area contributed by atoms with Crippen molar-refractivity contribution in [3.8, 4) is 0 Å². The van der Waals surface area contributed by atoms with Crippen molar-refractivity contribution in [1.29, 1.82) is 0 Å². The third-order valence-corrected chi connectivity index (χ3v) is 3.07. The van der Waals surface area contributed by atoms with Crippen LogP contribution in [0.1, 0.15) is 10.7 Å². The molecule has 0 atom stereocenters. The van der Waals surface area contributed by atoms with Gasteiger partial charge in [-0.15, -0.1) is 11.3 Å². The van der Waals surface area contributed by atoms with Crippen LogP contribution >= 0.6 is 11.3 Å². The van der Waals surface area contributed by atoms with Gasteiger partial charge in [0, 0.05) is 38.7 Å². The lowest BCUT2D eigenvalue weighted by Gasteiger charge is -2.15. The summed E-state index contributed by atoms with van der Waals surface area (Å²) < 4.78 is 4.96. The maximum absolute atomic E-state index is 4.96. The van der Waals surface area contributed by atoms with Gasteiger partial charge in [0.05, 0.1) is 17.3 Å². The molecule has 1 rings (SSSR count). The molecule has 0 spiro atoms. The minimum atomic E-state index is 0.773. The number of ether oxygens (including phenoxy) is 1. The average molecular weight is 243 g/mol. The van der Waals surface area contributed by atoms with E-state index in [9.17, 15) is 0 Å². The molecular formula is C11H21N3OS. The van der Waals surface area contributed by atoms with E-state index in [1.54, 1.807) is 18.4 Å². The van der Waals surface area contributed by atoms with E-state index in [2.05, 4.69) is 27.6 Å². The maximum Gasteiger partial charge on any atom is 0.0897 e. The molecule has 0 fully saturated rings. The van der Waals surface area contributed by atoms with Gasteiger partial charge in [-0.1, -0.05) is 0 Å². The molecule has 0 bridgehead atoms. The van der Waals surface area contributed by atoms with Gasteiger partial charge in [-0.3, -0.25) is 4.90 Å². The standard InChI is InChI=1S/C11H21N3OS/c1-10-13-11(9-16-10)8-14(2)6-4-12-5-7-15-3/h9,12H,4-8H2,1-3H3. The normalized spacial score (nSPS) is 11.2. The van der Waals surface area contributed by atoms with E-state index in [0.29, 0.717) is 0 Å². The summed E-state index contributed by atoms with van der Waals surface area (Å²) in [6, 6.07) is 0. The molecule has 1 N–H and O–H groups in total. The number of nitrogens with one attached hydrogen (secondary N) is 1. The topological polar surface area (TPSA) is 37.4 Å². The van der Waals surface area contributed by atoms with Crippen LogP contribution in [0.2, 0.25) is 0 Å². The van der Waals surface area contributed by atoms with Crippen LogP contribution in [0, 0.1) is 6.92 Å². The summed E-state index contributed by atoms with van der Waals surface area (Å²) >= 11 is 1.71. The third kappa shape index (κ3) is 5.55. The predicted molar refractivity (Wildman–Crippen MR) is 67.9 cm³/mol. The first-order chi connectivity index (χ1) is 7.72. The van der Waals surface area contributed by atoms with Gasteiger partial charge in [-0.25, -0.2) is 4.98 Å². The molecule has 1 heterocycles. The second-order valence-electron chi connectivity index (χ2n) is 3.84. The summed E-state index contributed by atoms with van der Waals surface area (Å²) in [5, 5.41) is 6.59. The lowest BCUT2D eigenvalue weighted by molar-refractivity contribution is 0.197. The van der Waals surface area contributed by atoms with Crippen molar-refractivity contribution in [2.24, 2.45) is 0 Å². The number of hydrogen-bond donors (Lipinski definition) is 1. The van der Waals surface area contributed by atoms with Gasteiger partial charge in [0.1, 0.15) is 0 Å². The van der Waals surface area contributed by atoms with E-state index in [-0.39, 0.29) is 0 Å². The van der Waals surface area contributed by atoms with E-state index < -0.39 is 0 Å². The summed E-state index contributed by atoms with van der Waals surface area (Å²) in [7, 11) is 3.84. The molecule has 0 saturated carbocycles. The van der Waals surface area contributed by atoms with Crippen LogP contribution in [-0.2, 0) is 11.3 Å². The molecule has 92 valence electrons. The molecule has 0 unspecified atom stereocenters. The number of rotatable bonds is 8. The van der Waals surface area contributed by atoms with Crippen LogP contribution in [0.15, 0.2) is 5.38 Å². The number of methoxy groups -OCH3 is 1. The smallest absolute Gasteiger partial charge is 0.0897 e. The van der Waals surface area contributed by atoms with Crippen molar-refractivity contribution in [2.45, 2.75) is 13.5 Å². The van der Waals surface area contributed by atoms with E-state index in [1.165, 1.54) is 5.69 Å². The van der Waals surface area contributed by atoms with Crippen molar-refractivity contribution in [3.63, 3.8) is 0 Å². The zero-order valence-electron chi connectivity index (χ0n) is 10.3. The Morgan fingerprint density at radius 1 is 1.50 bits per heavy atom. The minimum absolute atomic E-state index is 0.773. The Hall–Kier alpha value is -0.490. The summed E-state index contributed by atoms with van der Waals surface area (Å²) in [6.45, 7) is 6.68. The molecule has 5 heteroatoms. The second-order valence-corrected chi connectivity index (χ2v) is 4.90. The van der Waals surface area contributed by atoms with Crippen LogP contribution in [-0.4, -0.2) is 50.3 Å². The van der Waals surface area contributed by atoms with Crippen molar-refractivity contribution in [1.82, 2.24) is 15.2 Å². The Labute approximate surface area is 102 Å². The fourth-order valence-electron chi connectivity index (χ4n) is 1.41. The van der Waals surface area contributed by atoms with Crippen LogP contribution in [0.25, 0.3) is 0 Å². The molecule has 1 aromatic rings. The molecule has 16 heavy (non-hydrogen) atoms. The summed E-state index contributed by atoms with van der Waals surface area (Å²) in [5.74, 6) is 0. The molecule has 1 aromatic heterocycles. The highest BCUT2D eigenvalue weighted by Gasteiger charge is 2.02. The van der Waals surface area contributed by atoms with Crippen LogP contribution in [0.5, 0.6) is 0 Å². The molecule has 4 nitrogen and oxygen atoms in total. The fourth-order valence-corrected chi connectivity index (χ4v) is 2.01. The van der Waals surface area contributed by atoms with Crippen LogP contribution in [0.3, 0.4) is 0 Å². The van der Waals surface area contributed by atoms with Crippen molar-refractivity contribution < 1.29 is 4.74 Å². The molecule has 0 radical (unpaired) electrons. The van der Waals surface area contributed by atoms with Gasteiger partial charge in [0.25, 0.3) is 0 Å². The molecule has 0 amide bonds. The highest BCUT2D eigenvalue weighted by molar-refractivity contribution is 7.09. The quantitative estimate of drug-likeness (QED) is 0.694. The largest absolute Gasteiger partial charge is 0.383 e. The first-order valence-electron chi connectivity index (χ1n) is 5.51. The molecule has 0 aliphatic carbocycles. The number of hydrogen-bond acceptors (Lipinski definition) is 5. The Balaban J connectivity index is 2.09. The highest BCUT2D eigenvalue weighted by Crippen LogP contribution is 2.09. The lowest BCUT2D eigenvalue weighted by atomic mass is 10.4. The van der Waals surface area contributed by atoms with Crippen LogP contribution in [0.4, 0.5) is 0 Å². The van der Waals surface area contributed by atoms with Crippen molar-refractivity contribution in [2.75, 3.05) is 40.4 Å². The fraction of sp³-hybridized carbons (Fsp3) is 0.727. The predicted octanol–water partition coefficient (Wildman–Crippen LogP) is 1.12. The average Bonchev–Trinajstić information content (AvgIpc) is 2.63. The van der Waals surface area contributed by atoms with Gasteiger partial charge in [-0.05, 0) is 14.0 Å². The monoisotopic (exact) mass is 243 g/mol. The van der Waals surface area contributed by atoms with Gasteiger partial charge < -0.3 is 10.1 Å². The summed E-state index contributed by atoms with van der Waals surface area (Å²) in [6.07, 6.45) is 0. The summed E-state index contributed by atoms with van der Waals surface area (Å²) in [5.41, 5.74) is 1.17. The van der Waals surface area contributed by atoms with Crippen molar-refractivity contribution >= 4 is 11.3 Å². The zero-order chi connectivity index (χ0) is 11.8. The third-order valence-electron chi connectivity index (χ3n) is 2.25. The SMILES string of the molecule is COCCNCCN(C)Cc1csc(C)n1. The van der Waals surface area contributed by atoms with Gasteiger partial charge >= 0.3 is 0 Å². The number of nitrogens with zero attached hydrogens (tertiary/aromatic N) is 2. The number of thiazole rings is 1. The van der Waals surface area contributed by atoms with Crippen molar-refractivity contribution in [3.05, 3.63) is 16.1 Å². The van der Waals surface area contributed by atoms with E-state index in [0.717, 1.165) is 37.8 Å². The number of aromatic nitrogens is 1. The Morgan fingerprint density at radius 3 is 2.94 bits per heavy atom. The molecule has 0 aliphatic rings. The highest BCUT2D eigenvalue weighted by atomic mass is 32.1. The first kappa shape index (κ1) is 13.6. The molecular weight excluding hydrogens is 222 g/mol. The molecule has 0 aromatic carbocycles. The van der Waals surface area contributed by atoms with Gasteiger partial charge in [-0.2, -0.15) is 0 Å². The molecule has 0 saturated heterocycles. The number of likely N-dealkylation sites (N-methyl/N-ethyl adjacent to an activating group) is 1. The summed E-state index contributed by atoms with van der Waals surface area (Å²) in [4.78, 5) is 6.72. The minimum Gasteiger partial charge on any atom is -0.383 e. The van der Waals surface area contributed by atoms with Crippen LogP contribution < -0.4 is 5.32 Å². The Kier molecular flexibility index (Phi) is 6.56. The second kappa shape index (κ2) is 7.73. The lowest BCUT2D eigenvalue weighted by Crippen LogP contribution is -2.30. The van der Waals surface area contributed by atoms with Gasteiger partial charge in [0.15, 0.2) is 0 Å². The zero-order valence-corrected chi connectivity index (χ0v) is 11.1. The Bertz CT molecular complexity index is 291. The Morgan fingerprint density at radius 2 is 2.31 bits per heavy atom.